The van der Waals surface area contributed by atoms with Crippen molar-refractivity contribution in [2.45, 2.75) is 25.5 Å². The summed E-state index contributed by atoms with van der Waals surface area (Å²) in [6.45, 7) is 2.43. The van der Waals surface area contributed by atoms with Crippen LogP contribution in [-0.2, 0) is 0 Å². The zero-order chi connectivity index (χ0) is 16.7. The summed E-state index contributed by atoms with van der Waals surface area (Å²) < 4.78 is 5.13. The van der Waals surface area contributed by atoms with Crippen molar-refractivity contribution in [2.24, 2.45) is 0 Å². The van der Waals surface area contributed by atoms with Gasteiger partial charge >= 0.3 is 0 Å². The number of hydrogen-bond donors (Lipinski definition) is 2. The van der Waals surface area contributed by atoms with Crippen LogP contribution >= 0.6 is 0 Å². The number of aliphatic hydroxyl groups excluding tert-OH is 1. The molecule has 0 bridgehead atoms. The van der Waals surface area contributed by atoms with Gasteiger partial charge in [0.1, 0.15) is 5.75 Å². The number of carbonyl (C=O) groups excluding carboxylic acids is 1. The number of rotatable bonds is 8. The van der Waals surface area contributed by atoms with Gasteiger partial charge in [-0.25, -0.2) is 0 Å². The molecule has 1 unspecified atom stereocenters. The Morgan fingerprint density at radius 3 is 2.61 bits per heavy atom. The average Bonchev–Trinajstić information content (AvgIpc) is 2.61. The molecular weight excluding hydrogens is 290 g/mol. The molecule has 4 nitrogen and oxygen atoms in total. The Hall–Kier alpha value is -2.17. The normalized spacial score (nSPS) is 13.3. The maximum Gasteiger partial charge on any atom is 0.164 e. The van der Waals surface area contributed by atoms with Gasteiger partial charge < -0.3 is 15.2 Å². The van der Waals surface area contributed by atoms with Gasteiger partial charge in [-0.3, -0.25) is 4.79 Å². The Balaban J connectivity index is 1.83. The Labute approximate surface area is 137 Å². The maximum atomic E-state index is 12.2. The van der Waals surface area contributed by atoms with Crippen molar-refractivity contribution in [1.29, 1.82) is 0 Å². The van der Waals surface area contributed by atoms with Gasteiger partial charge in [-0.1, -0.05) is 42.5 Å². The highest BCUT2D eigenvalue weighted by Crippen LogP contribution is 2.16. The molecule has 2 aromatic carbocycles. The number of methoxy groups -OCH3 is 1. The summed E-state index contributed by atoms with van der Waals surface area (Å²) in [5.74, 6) is 0.731. The van der Waals surface area contributed by atoms with Crippen molar-refractivity contribution >= 4 is 5.78 Å². The van der Waals surface area contributed by atoms with E-state index in [9.17, 15) is 9.90 Å². The molecule has 23 heavy (non-hydrogen) atoms. The molecule has 2 aromatic rings. The molecule has 122 valence electrons. The van der Waals surface area contributed by atoms with Gasteiger partial charge in [0.05, 0.1) is 13.2 Å². The summed E-state index contributed by atoms with van der Waals surface area (Å²) in [5, 5.41) is 13.5. The summed E-state index contributed by atoms with van der Waals surface area (Å²) in [6, 6.07) is 16.5. The molecule has 0 saturated carbocycles. The van der Waals surface area contributed by atoms with Crippen LogP contribution in [0.1, 0.15) is 35.4 Å². The molecule has 2 rings (SSSR count). The molecule has 2 N–H and O–H groups in total. The number of carbonyl (C=O) groups is 1. The molecular formula is C19H23NO3. The molecule has 0 spiro atoms. The van der Waals surface area contributed by atoms with Crippen molar-refractivity contribution < 1.29 is 14.6 Å². The van der Waals surface area contributed by atoms with Crippen LogP contribution < -0.4 is 10.1 Å². The van der Waals surface area contributed by atoms with Crippen molar-refractivity contribution in [3.05, 3.63) is 65.7 Å². The molecule has 0 aliphatic heterocycles. The third-order valence-electron chi connectivity index (χ3n) is 3.82. The van der Waals surface area contributed by atoms with Crippen LogP contribution in [0.25, 0.3) is 0 Å². The molecule has 0 saturated heterocycles. The minimum Gasteiger partial charge on any atom is -0.497 e. The van der Waals surface area contributed by atoms with Crippen LogP contribution in [-0.4, -0.2) is 30.6 Å². The van der Waals surface area contributed by atoms with E-state index in [4.69, 9.17) is 4.74 Å². The third-order valence-corrected chi connectivity index (χ3v) is 3.82. The Bertz CT molecular complexity index is 628. The largest absolute Gasteiger partial charge is 0.497 e. The number of aliphatic hydroxyl groups is 1. The van der Waals surface area contributed by atoms with E-state index in [0.717, 1.165) is 5.56 Å². The van der Waals surface area contributed by atoms with E-state index in [1.165, 1.54) is 0 Å². The smallest absolute Gasteiger partial charge is 0.164 e. The molecule has 2 atom stereocenters. The van der Waals surface area contributed by atoms with Gasteiger partial charge in [-0.05, 0) is 24.6 Å². The predicted molar refractivity (Wildman–Crippen MR) is 90.8 cm³/mol. The molecule has 0 aliphatic rings. The second-order valence-corrected chi connectivity index (χ2v) is 5.50. The van der Waals surface area contributed by atoms with E-state index in [0.29, 0.717) is 24.3 Å². The van der Waals surface area contributed by atoms with E-state index in [1.54, 1.807) is 25.3 Å². The molecule has 0 heterocycles. The van der Waals surface area contributed by atoms with Crippen LogP contribution in [0.5, 0.6) is 5.75 Å². The average molecular weight is 313 g/mol. The van der Waals surface area contributed by atoms with Crippen LogP contribution in [0.15, 0.2) is 54.6 Å². The number of ether oxygens (including phenoxy) is 1. The lowest BCUT2D eigenvalue weighted by molar-refractivity contribution is 0.0972. The highest BCUT2D eigenvalue weighted by molar-refractivity contribution is 5.96. The fraction of sp³-hybridized carbons (Fsp3) is 0.316. The Morgan fingerprint density at radius 1 is 1.17 bits per heavy atom. The topological polar surface area (TPSA) is 58.6 Å². The quantitative estimate of drug-likeness (QED) is 0.736. The Morgan fingerprint density at radius 2 is 1.91 bits per heavy atom. The Kier molecular flexibility index (Phi) is 6.32. The lowest BCUT2D eigenvalue weighted by atomic mass is 10.0. The number of ketones is 1. The summed E-state index contributed by atoms with van der Waals surface area (Å²) in [5.41, 5.74) is 1.51. The van der Waals surface area contributed by atoms with Gasteiger partial charge in [0.25, 0.3) is 0 Å². The van der Waals surface area contributed by atoms with Gasteiger partial charge in [-0.15, -0.1) is 0 Å². The van der Waals surface area contributed by atoms with Gasteiger partial charge in [0.15, 0.2) is 5.78 Å². The second kappa shape index (κ2) is 8.46. The first-order valence-electron chi connectivity index (χ1n) is 7.75. The second-order valence-electron chi connectivity index (χ2n) is 5.50. The summed E-state index contributed by atoms with van der Waals surface area (Å²) in [7, 11) is 1.58. The highest BCUT2D eigenvalue weighted by Gasteiger charge is 2.16. The lowest BCUT2D eigenvalue weighted by Crippen LogP contribution is -2.33. The van der Waals surface area contributed by atoms with E-state index in [-0.39, 0.29) is 11.8 Å². The first-order chi connectivity index (χ1) is 11.1. The van der Waals surface area contributed by atoms with Gasteiger partial charge in [-0.2, -0.15) is 0 Å². The molecule has 0 aliphatic carbocycles. The van der Waals surface area contributed by atoms with E-state index in [2.05, 4.69) is 5.32 Å². The predicted octanol–water partition coefficient (Wildman–Crippen LogP) is 2.98. The van der Waals surface area contributed by atoms with Crippen molar-refractivity contribution in [3.63, 3.8) is 0 Å². The number of hydrogen-bond acceptors (Lipinski definition) is 4. The van der Waals surface area contributed by atoms with Crippen LogP contribution in [0.3, 0.4) is 0 Å². The van der Waals surface area contributed by atoms with Crippen molar-refractivity contribution in [1.82, 2.24) is 5.32 Å². The number of Topliss-reactive ketones (excluding diaryl/α,β-unsaturated/α-hetero) is 1. The maximum absolute atomic E-state index is 12.2. The minimum atomic E-state index is -0.594. The highest BCUT2D eigenvalue weighted by atomic mass is 16.5. The standard InChI is InChI=1S/C19H23NO3/c1-14(19(22)15-7-4-3-5-8-15)20-12-11-18(21)16-9-6-10-17(13-16)23-2/h3-10,13-14,19-20,22H,11-12H2,1-2H3/t14-,19?/m0/s1. The summed E-state index contributed by atoms with van der Waals surface area (Å²) in [6.07, 6.45) is -0.220. The van der Waals surface area contributed by atoms with Gasteiger partial charge in [0, 0.05) is 24.6 Å². The molecule has 0 aromatic heterocycles. The molecule has 0 fully saturated rings. The summed E-state index contributed by atoms with van der Waals surface area (Å²) >= 11 is 0. The zero-order valence-electron chi connectivity index (χ0n) is 13.5. The fourth-order valence-corrected chi connectivity index (χ4v) is 2.40. The molecule has 4 heteroatoms. The first-order valence-corrected chi connectivity index (χ1v) is 7.75. The number of nitrogens with one attached hydrogen (secondary N) is 1. The van der Waals surface area contributed by atoms with Crippen molar-refractivity contribution in [2.75, 3.05) is 13.7 Å². The van der Waals surface area contributed by atoms with E-state index >= 15 is 0 Å². The first kappa shape index (κ1) is 17.2. The number of benzene rings is 2. The third kappa shape index (κ3) is 4.91. The monoisotopic (exact) mass is 313 g/mol. The zero-order valence-corrected chi connectivity index (χ0v) is 13.5. The fourth-order valence-electron chi connectivity index (χ4n) is 2.40. The van der Waals surface area contributed by atoms with E-state index in [1.807, 2.05) is 43.3 Å². The molecule has 0 radical (unpaired) electrons. The van der Waals surface area contributed by atoms with Crippen molar-refractivity contribution in [3.8, 4) is 5.75 Å². The molecule has 0 amide bonds. The van der Waals surface area contributed by atoms with Crippen LogP contribution in [0.4, 0.5) is 0 Å². The minimum absolute atomic E-state index is 0.0535. The lowest BCUT2D eigenvalue weighted by Gasteiger charge is -2.20. The van der Waals surface area contributed by atoms with Crippen LogP contribution in [0.2, 0.25) is 0 Å². The van der Waals surface area contributed by atoms with E-state index < -0.39 is 6.10 Å². The SMILES string of the molecule is COc1cccc(C(=O)CCN[C@@H](C)C(O)c2ccccc2)c1. The van der Waals surface area contributed by atoms with Gasteiger partial charge in [0.2, 0.25) is 0 Å². The van der Waals surface area contributed by atoms with Crippen LogP contribution in [0, 0.1) is 0 Å². The summed E-state index contributed by atoms with van der Waals surface area (Å²) in [4.78, 5) is 12.2.